The van der Waals surface area contributed by atoms with Gasteiger partial charge in [-0.15, -0.1) is 0 Å². The highest BCUT2D eigenvalue weighted by Crippen LogP contribution is 2.10. The van der Waals surface area contributed by atoms with Crippen LogP contribution in [0.25, 0.3) is 0 Å². The molecule has 0 aliphatic heterocycles. The molecule has 16 heavy (non-hydrogen) atoms. The molecule has 0 saturated heterocycles. The van der Waals surface area contributed by atoms with Gasteiger partial charge in [0.25, 0.3) is 0 Å². The van der Waals surface area contributed by atoms with Gasteiger partial charge in [0.2, 0.25) is 5.91 Å². The number of nitrogens with two attached hydrogens (primary N) is 1. The molecule has 5 nitrogen and oxygen atoms in total. The molecule has 0 heterocycles. The predicted octanol–water partition coefficient (Wildman–Crippen LogP) is 0.587. The molecular formula is C11H22N2O3. The van der Waals surface area contributed by atoms with Crippen molar-refractivity contribution >= 4 is 11.9 Å². The van der Waals surface area contributed by atoms with Gasteiger partial charge in [-0.05, 0) is 12.3 Å². The SMILES string of the molecule is CCC[C@@H](NC(=O)C(CN)C(C)C)C(=O)O. The first-order chi connectivity index (χ1) is 7.43. The van der Waals surface area contributed by atoms with E-state index in [9.17, 15) is 9.59 Å². The van der Waals surface area contributed by atoms with Crippen LogP contribution in [0.5, 0.6) is 0 Å². The summed E-state index contributed by atoms with van der Waals surface area (Å²) in [4.78, 5) is 22.6. The Balaban J connectivity index is 4.43. The second-order valence-electron chi connectivity index (χ2n) is 4.27. The lowest BCUT2D eigenvalue weighted by atomic mass is 9.94. The molecule has 1 unspecified atom stereocenters. The van der Waals surface area contributed by atoms with Gasteiger partial charge < -0.3 is 16.2 Å². The summed E-state index contributed by atoms with van der Waals surface area (Å²) in [5.41, 5.74) is 5.49. The molecule has 0 radical (unpaired) electrons. The number of aliphatic carboxylic acids is 1. The van der Waals surface area contributed by atoms with E-state index in [1.54, 1.807) is 0 Å². The zero-order valence-corrected chi connectivity index (χ0v) is 10.2. The monoisotopic (exact) mass is 230 g/mol. The van der Waals surface area contributed by atoms with Crippen molar-refractivity contribution in [2.75, 3.05) is 6.54 Å². The largest absolute Gasteiger partial charge is 0.480 e. The number of carboxylic acid groups (broad SMARTS) is 1. The number of carbonyl (C=O) groups excluding carboxylic acids is 1. The highest BCUT2D eigenvalue weighted by molar-refractivity contribution is 5.85. The Morgan fingerprint density at radius 1 is 1.38 bits per heavy atom. The van der Waals surface area contributed by atoms with E-state index in [0.29, 0.717) is 12.8 Å². The molecule has 4 N–H and O–H groups in total. The van der Waals surface area contributed by atoms with Crippen LogP contribution in [-0.2, 0) is 9.59 Å². The minimum absolute atomic E-state index is 0.112. The van der Waals surface area contributed by atoms with Crippen molar-refractivity contribution in [2.45, 2.75) is 39.7 Å². The van der Waals surface area contributed by atoms with Crippen molar-refractivity contribution in [3.05, 3.63) is 0 Å². The Hall–Kier alpha value is -1.10. The molecule has 0 aliphatic carbocycles. The molecule has 0 aromatic carbocycles. The maximum absolute atomic E-state index is 11.8. The predicted molar refractivity (Wildman–Crippen MR) is 61.9 cm³/mol. The molecular weight excluding hydrogens is 208 g/mol. The van der Waals surface area contributed by atoms with Crippen LogP contribution in [0.4, 0.5) is 0 Å². The summed E-state index contributed by atoms with van der Waals surface area (Å²) in [5.74, 6) is -1.46. The van der Waals surface area contributed by atoms with Crippen molar-refractivity contribution in [1.82, 2.24) is 5.32 Å². The molecule has 0 aromatic heterocycles. The fraction of sp³-hybridized carbons (Fsp3) is 0.818. The summed E-state index contributed by atoms with van der Waals surface area (Å²) in [6.45, 7) is 5.91. The number of amides is 1. The van der Waals surface area contributed by atoms with Gasteiger partial charge in [-0.3, -0.25) is 4.79 Å². The van der Waals surface area contributed by atoms with E-state index in [2.05, 4.69) is 5.32 Å². The molecule has 1 amide bonds. The number of hydrogen-bond acceptors (Lipinski definition) is 3. The van der Waals surface area contributed by atoms with E-state index in [0.717, 1.165) is 0 Å². The Kier molecular flexibility index (Phi) is 6.72. The third kappa shape index (κ3) is 4.61. The van der Waals surface area contributed by atoms with Crippen molar-refractivity contribution < 1.29 is 14.7 Å². The molecule has 0 aromatic rings. The highest BCUT2D eigenvalue weighted by atomic mass is 16.4. The van der Waals surface area contributed by atoms with Crippen LogP contribution in [0.3, 0.4) is 0 Å². The normalized spacial score (nSPS) is 14.6. The molecule has 0 bridgehead atoms. The fourth-order valence-electron chi connectivity index (χ4n) is 1.51. The standard InChI is InChI=1S/C11H22N2O3/c1-4-5-9(11(15)16)13-10(14)8(6-12)7(2)3/h7-9H,4-6,12H2,1-3H3,(H,13,14)(H,15,16)/t8?,9-/m1/s1. The molecule has 0 rings (SSSR count). The molecule has 0 aliphatic rings. The lowest BCUT2D eigenvalue weighted by Gasteiger charge is -2.21. The van der Waals surface area contributed by atoms with Gasteiger partial charge in [0.05, 0.1) is 5.92 Å². The third-order valence-corrected chi connectivity index (χ3v) is 2.59. The van der Waals surface area contributed by atoms with E-state index in [1.807, 2.05) is 20.8 Å². The van der Waals surface area contributed by atoms with E-state index in [-0.39, 0.29) is 24.3 Å². The van der Waals surface area contributed by atoms with Gasteiger partial charge in [0, 0.05) is 6.54 Å². The Bertz CT molecular complexity index is 241. The van der Waals surface area contributed by atoms with Gasteiger partial charge in [-0.25, -0.2) is 4.79 Å². The average Bonchev–Trinajstić information content (AvgIpc) is 2.17. The Morgan fingerprint density at radius 3 is 2.25 bits per heavy atom. The molecule has 5 heteroatoms. The summed E-state index contributed by atoms with van der Waals surface area (Å²) < 4.78 is 0. The Morgan fingerprint density at radius 2 is 1.94 bits per heavy atom. The van der Waals surface area contributed by atoms with Gasteiger partial charge in [-0.2, -0.15) is 0 Å². The zero-order chi connectivity index (χ0) is 12.7. The minimum Gasteiger partial charge on any atom is -0.480 e. The van der Waals surface area contributed by atoms with Crippen LogP contribution in [0.15, 0.2) is 0 Å². The third-order valence-electron chi connectivity index (χ3n) is 2.59. The van der Waals surface area contributed by atoms with Crippen molar-refractivity contribution in [3.63, 3.8) is 0 Å². The molecule has 0 spiro atoms. The van der Waals surface area contributed by atoms with Crippen LogP contribution >= 0.6 is 0 Å². The number of carbonyl (C=O) groups is 2. The van der Waals surface area contributed by atoms with Crippen LogP contribution < -0.4 is 11.1 Å². The van der Waals surface area contributed by atoms with Crippen molar-refractivity contribution in [3.8, 4) is 0 Å². The Labute approximate surface area is 96.4 Å². The average molecular weight is 230 g/mol. The molecule has 94 valence electrons. The number of carboxylic acids is 1. The van der Waals surface area contributed by atoms with Crippen LogP contribution in [0, 0.1) is 11.8 Å². The number of hydrogen-bond donors (Lipinski definition) is 3. The van der Waals surface area contributed by atoms with E-state index in [1.165, 1.54) is 0 Å². The number of rotatable bonds is 7. The van der Waals surface area contributed by atoms with Gasteiger partial charge in [-0.1, -0.05) is 27.2 Å². The summed E-state index contributed by atoms with van der Waals surface area (Å²) in [5, 5.41) is 11.4. The smallest absolute Gasteiger partial charge is 0.326 e. The summed E-state index contributed by atoms with van der Waals surface area (Å²) in [6, 6.07) is -0.801. The van der Waals surface area contributed by atoms with Crippen LogP contribution in [-0.4, -0.2) is 29.6 Å². The maximum atomic E-state index is 11.8. The first kappa shape index (κ1) is 14.9. The first-order valence-electron chi connectivity index (χ1n) is 5.67. The van der Waals surface area contributed by atoms with Gasteiger partial charge >= 0.3 is 5.97 Å². The van der Waals surface area contributed by atoms with E-state index < -0.39 is 12.0 Å². The summed E-state index contributed by atoms with van der Waals surface area (Å²) in [6.07, 6.45) is 1.16. The molecule has 2 atom stereocenters. The lowest BCUT2D eigenvalue weighted by Crippen LogP contribution is -2.46. The lowest BCUT2D eigenvalue weighted by molar-refractivity contribution is -0.142. The highest BCUT2D eigenvalue weighted by Gasteiger charge is 2.25. The quantitative estimate of drug-likeness (QED) is 0.596. The van der Waals surface area contributed by atoms with Crippen molar-refractivity contribution in [1.29, 1.82) is 0 Å². The zero-order valence-electron chi connectivity index (χ0n) is 10.2. The first-order valence-corrected chi connectivity index (χ1v) is 5.67. The second kappa shape index (κ2) is 7.22. The van der Waals surface area contributed by atoms with Crippen LogP contribution in [0.2, 0.25) is 0 Å². The van der Waals surface area contributed by atoms with Crippen LogP contribution in [0.1, 0.15) is 33.6 Å². The van der Waals surface area contributed by atoms with Crippen molar-refractivity contribution in [2.24, 2.45) is 17.6 Å². The maximum Gasteiger partial charge on any atom is 0.326 e. The summed E-state index contributed by atoms with van der Waals surface area (Å²) >= 11 is 0. The second-order valence-corrected chi connectivity index (χ2v) is 4.27. The molecule has 0 saturated carbocycles. The topological polar surface area (TPSA) is 92.4 Å². The van der Waals surface area contributed by atoms with E-state index >= 15 is 0 Å². The summed E-state index contributed by atoms with van der Waals surface area (Å²) in [7, 11) is 0. The minimum atomic E-state index is -0.991. The van der Waals surface area contributed by atoms with E-state index in [4.69, 9.17) is 10.8 Å². The fourth-order valence-corrected chi connectivity index (χ4v) is 1.51. The van der Waals surface area contributed by atoms with Gasteiger partial charge in [0.15, 0.2) is 0 Å². The number of nitrogens with one attached hydrogen (secondary N) is 1. The van der Waals surface area contributed by atoms with Gasteiger partial charge in [0.1, 0.15) is 6.04 Å². The molecule has 0 fully saturated rings.